The van der Waals surface area contributed by atoms with E-state index in [1.165, 1.54) is 22.4 Å². The molecule has 3 nitrogen and oxygen atoms in total. The summed E-state index contributed by atoms with van der Waals surface area (Å²) in [5, 5.41) is 4.46. The van der Waals surface area contributed by atoms with Gasteiger partial charge in [0.1, 0.15) is 0 Å². The monoisotopic (exact) mass is 271 g/mol. The van der Waals surface area contributed by atoms with Crippen molar-refractivity contribution in [2.24, 2.45) is 12.8 Å². The number of benzene rings is 1. The topological polar surface area (TPSA) is 43.8 Å². The van der Waals surface area contributed by atoms with E-state index in [0.29, 0.717) is 0 Å². The Kier molecular flexibility index (Phi) is 4.61. The first-order valence-corrected chi connectivity index (χ1v) is 7.28. The number of nitrogens with two attached hydrogens (primary N) is 1. The van der Waals surface area contributed by atoms with E-state index in [-0.39, 0.29) is 6.04 Å². The number of aromatic nitrogens is 2. The third-order valence-electron chi connectivity index (χ3n) is 4.17. The summed E-state index contributed by atoms with van der Waals surface area (Å²) < 4.78 is 1.96. The summed E-state index contributed by atoms with van der Waals surface area (Å²) in [7, 11) is 2.00. The van der Waals surface area contributed by atoms with Crippen molar-refractivity contribution in [3.8, 4) is 0 Å². The SMILES string of the molecule is Cc1ccccc1CC(N)CCc1c(C)nn(C)c1C. The average molecular weight is 271 g/mol. The van der Waals surface area contributed by atoms with Crippen LogP contribution in [0.15, 0.2) is 24.3 Å². The highest BCUT2D eigenvalue weighted by atomic mass is 15.3. The fraction of sp³-hybridized carbons (Fsp3) is 0.471. The van der Waals surface area contributed by atoms with Gasteiger partial charge in [0.2, 0.25) is 0 Å². The first kappa shape index (κ1) is 14.8. The molecule has 1 heterocycles. The van der Waals surface area contributed by atoms with Crippen molar-refractivity contribution < 1.29 is 0 Å². The molecule has 2 rings (SSSR count). The molecule has 0 aliphatic carbocycles. The van der Waals surface area contributed by atoms with E-state index in [1.807, 2.05) is 11.7 Å². The van der Waals surface area contributed by atoms with Gasteiger partial charge in [-0.15, -0.1) is 0 Å². The minimum atomic E-state index is 0.204. The van der Waals surface area contributed by atoms with E-state index in [2.05, 4.69) is 50.1 Å². The molecule has 0 spiro atoms. The number of nitrogens with zero attached hydrogens (tertiary/aromatic N) is 2. The van der Waals surface area contributed by atoms with E-state index in [1.54, 1.807) is 0 Å². The maximum atomic E-state index is 6.30. The number of rotatable bonds is 5. The molecule has 0 saturated heterocycles. The second-order valence-corrected chi connectivity index (χ2v) is 5.70. The van der Waals surface area contributed by atoms with Gasteiger partial charge in [-0.05, 0) is 56.7 Å². The van der Waals surface area contributed by atoms with E-state index in [0.717, 1.165) is 25.0 Å². The predicted molar refractivity (Wildman–Crippen MR) is 83.9 cm³/mol. The zero-order valence-electron chi connectivity index (χ0n) is 13.0. The van der Waals surface area contributed by atoms with Gasteiger partial charge in [0, 0.05) is 18.8 Å². The smallest absolute Gasteiger partial charge is 0.0628 e. The van der Waals surface area contributed by atoms with Crippen molar-refractivity contribution in [3.05, 3.63) is 52.3 Å². The highest BCUT2D eigenvalue weighted by molar-refractivity contribution is 5.27. The van der Waals surface area contributed by atoms with Crippen LogP contribution in [0.5, 0.6) is 0 Å². The Morgan fingerprint density at radius 3 is 2.50 bits per heavy atom. The molecule has 0 saturated carbocycles. The molecule has 1 aromatic heterocycles. The lowest BCUT2D eigenvalue weighted by molar-refractivity contribution is 0.606. The Hall–Kier alpha value is -1.61. The lowest BCUT2D eigenvalue weighted by Crippen LogP contribution is -2.24. The van der Waals surface area contributed by atoms with Crippen LogP contribution in [0.1, 0.15) is 34.5 Å². The number of aryl methyl sites for hydroxylation is 3. The Labute approximate surface area is 121 Å². The van der Waals surface area contributed by atoms with Gasteiger partial charge in [0.25, 0.3) is 0 Å². The summed E-state index contributed by atoms with van der Waals surface area (Å²) >= 11 is 0. The van der Waals surface area contributed by atoms with Gasteiger partial charge >= 0.3 is 0 Å². The molecule has 0 radical (unpaired) electrons. The third kappa shape index (κ3) is 3.28. The lowest BCUT2D eigenvalue weighted by Gasteiger charge is -2.13. The van der Waals surface area contributed by atoms with Gasteiger partial charge in [0.05, 0.1) is 5.69 Å². The number of hydrogen-bond donors (Lipinski definition) is 1. The van der Waals surface area contributed by atoms with Crippen molar-refractivity contribution in [3.63, 3.8) is 0 Å². The van der Waals surface area contributed by atoms with E-state index in [4.69, 9.17) is 5.73 Å². The summed E-state index contributed by atoms with van der Waals surface area (Å²) in [4.78, 5) is 0. The summed E-state index contributed by atoms with van der Waals surface area (Å²) in [6.07, 6.45) is 2.96. The summed E-state index contributed by atoms with van der Waals surface area (Å²) in [6.45, 7) is 6.36. The zero-order chi connectivity index (χ0) is 14.7. The molecule has 108 valence electrons. The van der Waals surface area contributed by atoms with Gasteiger partial charge in [-0.2, -0.15) is 5.10 Å². The van der Waals surface area contributed by atoms with Crippen molar-refractivity contribution in [2.45, 2.75) is 46.1 Å². The van der Waals surface area contributed by atoms with Crippen LogP contribution in [0.25, 0.3) is 0 Å². The fourth-order valence-corrected chi connectivity index (χ4v) is 2.73. The second-order valence-electron chi connectivity index (χ2n) is 5.70. The van der Waals surface area contributed by atoms with Crippen molar-refractivity contribution in [1.29, 1.82) is 0 Å². The average Bonchev–Trinajstić information content (AvgIpc) is 2.64. The molecule has 0 bridgehead atoms. The molecule has 2 aromatic rings. The van der Waals surface area contributed by atoms with Gasteiger partial charge in [-0.3, -0.25) is 4.68 Å². The van der Waals surface area contributed by atoms with E-state index < -0.39 is 0 Å². The van der Waals surface area contributed by atoms with Gasteiger partial charge in [0.15, 0.2) is 0 Å². The first-order valence-electron chi connectivity index (χ1n) is 7.28. The molecular formula is C17H25N3. The van der Waals surface area contributed by atoms with Crippen LogP contribution in [-0.2, 0) is 19.9 Å². The standard InChI is InChI=1S/C17H25N3/c1-12-7-5-6-8-15(12)11-16(18)9-10-17-13(2)19-20(4)14(17)3/h5-8,16H,9-11,18H2,1-4H3. The molecule has 1 aromatic carbocycles. The summed E-state index contributed by atoms with van der Waals surface area (Å²) in [5.41, 5.74) is 12.7. The van der Waals surface area contributed by atoms with E-state index >= 15 is 0 Å². The Morgan fingerprint density at radius 1 is 1.20 bits per heavy atom. The molecule has 2 N–H and O–H groups in total. The first-order chi connectivity index (χ1) is 9.49. The molecule has 3 heteroatoms. The molecule has 0 fully saturated rings. The highest BCUT2D eigenvalue weighted by Crippen LogP contribution is 2.16. The van der Waals surface area contributed by atoms with Crippen LogP contribution in [-0.4, -0.2) is 15.8 Å². The summed E-state index contributed by atoms with van der Waals surface area (Å²) in [5.74, 6) is 0. The summed E-state index contributed by atoms with van der Waals surface area (Å²) in [6, 6.07) is 8.69. The maximum Gasteiger partial charge on any atom is 0.0628 e. The molecular weight excluding hydrogens is 246 g/mol. The van der Waals surface area contributed by atoms with Crippen LogP contribution in [0, 0.1) is 20.8 Å². The second kappa shape index (κ2) is 6.23. The highest BCUT2D eigenvalue weighted by Gasteiger charge is 2.12. The fourth-order valence-electron chi connectivity index (χ4n) is 2.73. The quantitative estimate of drug-likeness (QED) is 0.908. The normalized spacial score (nSPS) is 12.7. The van der Waals surface area contributed by atoms with Crippen LogP contribution in [0.4, 0.5) is 0 Å². The molecule has 20 heavy (non-hydrogen) atoms. The van der Waals surface area contributed by atoms with Crippen LogP contribution < -0.4 is 5.73 Å². The van der Waals surface area contributed by atoms with Gasteiger partial charge in [-0.1, -0.05) is 24.3 Å². The van der Waals surface area contributed by atoms with Crippen LogP contribution in [0.3, 0.4) is 0 Å². The van der Waals surface area contributed by atoms with Gasteiger partial charge in [-0.25, -0.2) is 0 Å². The van der Waals surface area contributed by atoms with Crippen LogP contribution in [0.2, 0.25) is 0 Å². The van der Waals surface area contributed by atoms with Crippen molar-refractivity contribution >= 4 is 0 Å². The molecule has 1 atom stereocenters. The molecule has 0 amide bonds. The Morgan fingerprint density at radius 2 is 1.90 bits per heavy atom. The van der Waals surface area contributed by atoms with E-state index in [9.17, 15) is 0 Å². The minimum absolute atomic E-state index is 0.204. The molecule has 0 aliphatic rings. The lowest BCUT2D eigenvalue weighted by atomic mass is 9.96. The predicted octanol–water partition coefficient (Wildman–Crippen LogP) is 2.85. The molecule has 1 unspecified atom stereocenters. The molecule has 0 aliphatic heterocycles. The Balaban J connectivity index is 1.96. The zero-order valence-corrected chi connectivity index (χ0v) is 13.0. The minimum Gasteiger partial charge on any atom is -0.327 e. The van der Waals surface area contributed by atoms with Crippen molar-refractivity contribution in [1.82, 2.24) is 9.78 Å². The third-order valence-corrected chi connectivity index (χ3v) is 4.17. The van der Waals surface area contributed by atoms with Gasteiger partial charge < -0.3 is 5.73 Å². The number of hydrogen-bond acceptors (Lipinski definition) is 2. The maximum absolute atomic E-state index is 6.30. The van der Waals surface area contributed by atoms with Crippen molar-refractivity contribution in [2.75, 3.05) is 0 Å². The van der Waals surface area contributed by atoms with Crippen LogP contribution >= 0.6 is 0 Å². The Bertz CT molecular complexity index is 584. The largest absolute Gasteiger partial charge is 0.327 e.